The Balaban J connectivity index is 1.79. The van der Waals surface area contributed by atoms with Gasteiger partial charge in [-0.1, -0.05) is 26.8 Å². The van der Waals surface area contributed by atoms with Crippen molar-refractivity contribution in [1.29, 1.82) is 0 Å². The van der Waals surface area contributed by atoms with Crippen LogP contribution in [0.4, 0.5) is 0 Å². The van der Waals surface area contributed by atoms with Crippen molar-refractivity contribution < 1.29 is 22.8 Å². The number of carbonyl (C=O) groups is 3. The maximum atomic E-state index is 13.7. The molecule has 194 valence electrons. The van der Waals surface area contributed by atoms with Crippen molar-refractivity contribution in [3.05, 3.63) is 29.8 Å². The predicted molar refractivity (Wildman–Crippen MR) is 134 cm³/mol. The second kappa shape index (κ2) is 10.3. The minimum atomic E-state index is -3.43. The van der Waals surface area contributed by atoms with Gasteiger partial charge in [-0.2, -0.15) is 0 Å². The molecule has 3 rings (SSSR count). The van der Waals surface area contributed by atoms with Crippen LogP contribution in [0.15, 0.2) is 29.2 Å². The van der Waals surface area contributed by atoms with Crippen LogP contribution in [0.1, 0.15) is 57.3 Å². The van der Waals surface area contributed by atoms with Crippen molar-refractivity contribution in [2.75, 3.05) is 19.8 Å². The molecule has 3 N–H and O–H groups in total. The fourth-order valence-electron chi connectivity index (χ4n) is 5.05. The van der Waals surface area contributed by atoms with Crippen LogP contribution < -0.4 is 16.0 Å². The molecule has 1 aliphatic heterocycles. The highest BCUT2D eigenvalue weighted by atomic mass is 32.2. The monoisotopic (exact) mass is 506 g/mol. The van der Waals surface area contributed by atoms with Crippen molar-refractivity contribution in [3.8, 4) is 0 Å². The summed E-state index contributed by atoms with van der Waals surface area (Å²) in [6.07, 6.45) is 3.59. The zero-order valence-corrected chi connectivity index (χ0v) is 22.2. The molecule has 10 heteroatoms. The lowest BCUT2D eigenvalue weighted by Crippen LogP contribution is -2.60. The number of rotatable bonds is 7. The normalized spacial score (nSPS) is 23.9. The van der Waals surface area contributed by atoms with E-state index in [1.807, 2.05) is 25.7 Å². The van der Waals surface area contributed by atoms with E-state index in [0.717, 1.165) is 25.5 Å². The molecule has 2 aliphatic rings. The van der Waals surface area contributed by atoms with Gasteiger partial charge in [0, 0.05) is 24.4 Å². The maximum Gasteiger partial charge on any atom is 0.251 e. The Bertz CT molecular complexity index is 1080. The lowest BCUT2D eigenvalue weighted by molar-refractivity contribution is -0.141. The van der Waals surface area contributed by atoms with Gasteiger partial charge in [-0.3, -0.25) is 14.4 Å². The van der Waals surface area contributed by atoms with Crippen molar-refractivity contribution in [1.82, 2.24) is 20.9 Å². The van der Waals surface area contributed by atoms with Gasteiger partial charge in [0.1, 0.15) is 6.04 Å². The maximum absolute atomic E-state index is 13.7. The van der Waals surface area contributed by atoms with Crippen molar-refractivity contribution >= 4 is 27.6 Å². The highest BCUT2D eigenvalue weighted by molar-refractivity contribution is 7.90. The number of hydrogen-bond acceptors (Lipinski definition) is 6. The van der Waals surface area contributed by atoms with Crippen molar-refractivity contribution in [2.45, 2.75) is 76.0 Å². The number of likely N-dealkylation sites (N-methyl/N-ethyl adjacent to an activating group) is 1. The van der Waals surface area contributed by atoms with Crippen LogP contribution in [-0.4, -0.2) is 75.1 Å². The Kier molecular flexibility index (Phi) is 7.96. The predicted octanol–water partition coefficient (Wildman–Crippen LogP) is 1.34. The summed E-state index contributed by atoms with van der Waals surface area (Å²) >= 11 is 0. The van der Waals surface area contributed by atoms with Crippen LogP contribution in [0, 0.1) is 11.3 Å². The molecule has 0 unspecified atom stereocenters. The smallest absolute Gasteiger partial charge is 0.251 e. The third-order valence-corrected chi connectivity index (χ3v) is 8.30. The lowest BCUT2D eigenvalue weighted by atomic mass is 9.85. The second-order valence-corrected chi connectivity index (χ2v) is 12.9. The van der Waals surface area contributed by atoms with E-state index in [4.69, 9.17) is 0 Å². The topological polar surface area (TPSA) is 125 Å². The van der Waals surface area contributed by atoms with E-state index < -0.39 is 27.3 Å². The number of hydrogen-bond donors (Lipinski definition) is 3. The number of carbonyl (C=O) groups excluding carboxylic acids is 3. The third-order valence-electron chi connectivity index (χ3n) is 7.19. The number of amides is 3. The van der Waals surface area contributed by atoms with E-state index >= 15 is 0 Å². The Morgan fingerprint density at radius 1 is 1.11 bits per heavy atom. The number of nitrogens with one attached hydrogen (secondary N) is 3. The summed E-state index contributed by atoms with van der Waals surface area (Å²) in [6.45, 7) is 8.10. The summed E-state index contributed by atoms with van der Waals surface area (Å²) < 4.78 is 23.8. The summed E-state index contributed by atoms with van der Waals surface area (Å²) in [5.74, 6) is -0.455. The third kappa shape index (κ3) is 6.03. The molecular formula is C25H38N4O5S. The zero-order chi connectivity index (χ0) is 26.1. The first kappa shape index (κ1) is 27.1. The van der Waals surface area contributed by atoms with Crippen LogP contribution in [0.3, 0.4) is 0 Å². The Hall–Kier alpha value is -2.46. The molecule has 35 heavy (non-hydrogen) atoms. The molecule has 5 atom stereocenters. The molecule has 1 aliphatic carbocycles. The van der Waals surface area contributed by atoms with E-state index in [1.165, 1.54) is 12.1 Å². The van der Waals surface area contributed by atoms with Gasteiger partial charge in [-0.05, 0) is 62.8 Å². The Morgan fingerprint density at radius 3 is 2.40 bits per heavy atom. The van der Waals surface area contributed by atoms with E-state index in [0.29, 0.717) is 6.54 Å². The molecule has 1 heterocycles. The van der Waals surface area contributed by atoms with Crippen molar-refractivity contribution in [2.24, 2.45) is 11.3 Å². The number of likely N-dealkylation sites (tertiary alicyclic amines) is 1. The molecule has 0 spiro atoms. The molecule has 0 aromatic heterocycles. The van der Waals surface area contributed by atoms with E-state index in [9.17, 15) is 22.8 Å². The largest absolute Gasteiger partial charge is 0.347 e. The number of benzene rings is 1. The summed E-state index contributed by atoms with van der Waals surface area (Å²) in [5, 5.41) is 8.88. The van der Waals surface area contributed by atoms with E-state index in [-0.39, 0.29) is 46.2 Å². The van der Waals surface area contributed by atoms with Crippen LogP contribution in [0.25, 0.3) is 0 Å². The van der Waals surface area contributed by atoms with Crippen LogP contribution in [0.2, 0.25) is 0 Å². The molecule has 0 bridgehead atoms. The minimum Gasteiger partial charge on any atom is -0.347 e. The van der Waals surface area contributed by atoms with Crippen molar-refractivity contribution in [3.63, 3.8) is 0 Å². The molecule has 3 amide bonds. The van der Waals surface area contributed by atoms with Gasteiger partial charge in [0.25, 0.3) is 5.91 Å². The first-order valence-corrected chi connectivity index (χ1v) is 14.0. The van der Waals surface area contributed by atoms with E-state index in [2.05, 4.69) is 16.0 Å². The first-order valence-electron chi connectivity index (χ1n) is 12.1. The number of nitrogens with zero attached hydrogens (tertiary/aromatic N) is 1. The van der Waals surface area contributed by atoms with E-state index in [1.54, 1.807) is 26.1 Å². The summed E-state index contributed by atoms with van der Waals surface area (Å²) in [4.78, 5) is 41.3. The zero-order valence-electron chi connectivity index (χ0n) is 21.4. The molecule has 9 nitrogen and oxygen atoms in total. The van der Waals surface area contributed by atoms with Crippen LogP contribution in [-0.2, 0) is 19.4 Å². The molecule has 1 saturated carbocycles. The quantitative estimate of drug-likeness (QED) is 0.513. The average molecular weight is 507 g/mol. The fourth-order valence-corrected chi connectivity index (χ4v) is 5.72. The Labute approximate surface area is 208 Å². The van der Waals surface area contributed by atoms with Gasteiger partial charge in [-0.25, -0.2) is 8.42 Å². The molecule has 2 fully saturated rings. The molecule has 1 aromatic carbocycles. The van der Waals surface area contributed by atoms with Gasteiger partial charge in [0.05, 0.1) is 17.0 Å². The highest BCUT2D eigenvalue weighted by Crippen LogP contribution is 2.39. The minimum absolute atomic E-state index is 0.0895. The van der Waals surface area contributed by atoms with Gasteiger partial charge in [0.2, 0.25) is 11.8 Å². The Morgan fingerprint density at radius 2 is 1.80 bits per heavy atom. The average Bonchev–Trinajstić information content (AvgIpc) is 3.38. The van der Waals surface area contributed by atoms with Crippen LogP contribution >= 0.6 is 0 Å². The SMILES string of the molecule is CN[C@@H](C)C(=O)N[C@H](C(=O)N1CC[C@H]2CC[C@H](NC(=O)c3cccc(S(C)(=O)=O)c3)[C@H]21)C(C)(C)C. The number of sulfone groups is 1. The number of fused-ring (bicyclic) bond motifs is 1. The molecule has 1 aromatic rings. The first-order chi connectivity index (χ1) is 16.2. The van der Waals surface area contributed by atoms with Gasteiger partial charge >= 0.3 is 0 Å². The van der Waals surface area contributed by atoms with Gasteiger partial charge in [-0.15, -0.1) is 0 Å². The summed E-state index contributed by atoms with van der Waals surface area (Å²) in [6, 6.07) is 4.45. The fraction of sp³-hybridized carbons (Fsp3) is 0.640. The van der Waals surface area contributed by atoms with Crippen LogP contribution in [0.5, 0.6) is 0 Å². The molecule has 0 radical (unpaired) electrons. The lowest BCUT2D eigenvalue weighted by Gasteiger charge is -2.37. The molecule has 1 saturated heterocycles. The second-order valence-electron chi connectivity index (χ2n) is 10.8. The van der Waals surface area contributed by atoms with Gasteiger partial charge in [0.15, 0.2) is 9.84 Å². The molecular weight excluding hydrogens is 468 g/mol. The van der Waals surface area contributed by atoms with Gasteiger partial charge < -0.3 is 20.9 Å². The highest BCUT2D eigenvalue weighted by Gasteiger charge is 2.49. The summed E-state index contributed by atoms with van der Waals surface area (Å²) in [7, 11) is -1.74. The standard InChI is InChI=1S/C25H38N4O5S/c1-15(26-5)22(30)28-21(25(2,3)4)24(32)29-13-12-16-10-11-19(20(16)29)27-23(31)17-8-7-9-18(14-17)35(6,33)34/h7-9,14-16,19-21,26H,10-13H2,1-6H3,(H,27,31)(H,28,30)/t15-,16+,19-,20-,21+/m0/s1. The summed E-state index contributed by atoms with van der Waals surface area (Å²) in [5.41, 5.74) is -0.227.